The number of sulfonamides is 2. The van der Waals surface area contributed by atoms with Gasteiger partial charge in [0.05, 0.1) is 15.5 Å². The molecule has 0 spiro atoms. The largest absolute Gasteiger partial charge is 0.279 e. The molecule has 0 aliphatic carbocycles. The van der Waals surface area contributed by atoms with Gasteiger partial charge in [0.15, 0.2) is 0 Å². The summed E-state index contributed by atoms with van der Waals surface area (Å²) < 4.78 is 55.5. The first-order chi connectivity index (χ1) is 14.1. The summed E-state index contributed by atoms with van der Waals surface area (Å²) in [4.78, 5) is 0.189. The quantitative estimate of drug-likeness (QED) is 0.522. The molecular weight excluding hydrogens is 444 g/mol. The molecule has 0 saturated carbocycles. The van der Waals surface area contributed by atoms with Gasteiger partial charge in [-0.15, -0.1) is 11.6 Å². The van der Waals surface area contributed by atoms with Crippen LogP contribution in [0.3, 0.4) is 0 Å². The van der Waals surface area contributed by atoms with Crippen molar-refractivity contribution in [2.75, 3.05) is 23.7 Å². The van der Waals surface area contributed by atoms with Gasteiger partial charge >= 0.3 is 0 Å². The Bertz CT molecular complexity index is 1080. The highest BCUT2D eigenvalue weighted by Crippen LogP contribution is 2.28. The molecule has 0 fully saturated rings. The second-order valence-electron chi connectivity index (χ2n) is 7.04. The molecule has 0 aliphatic heterocycles. The van der Waals surface area contributed by atoms with Crippen molar-refractivity contribution >= 4 is 37.3 Å². The van der Waals surface area contributed by atoms with Crippen molar-refractivity contribution in [1.29, 1.82) is 0 Å². The van der Waals surface area contributed by atoms with Crippen molar-refractivity contribution < 1.29 is 16.8 Å². The number of rotatable bonds is 10. The van der Waals surface area contributed by atoms with Gasteiger partial charge in [-0.2, -0.15) is 4.31 Å². The summed E-state index contributed by atoms with van der Waals surface area (Å²) in [7, 11) is -7.58. The molecule has 0 heterocycles. The lowest BCUT2D eigenvalue weighted by molar-refractivity contribution is 0.445. The molecular formula is C21H29ClN2O4S2. The highest BCUT2D eigenvalue weighted by molar-refractivity contribution is 7.92. The van der Waals surface area contributed by atoms with Crippen LogP contribution in [0, 0.1) is 13.8 Å². The number of nitrogens with one attached hydrogen (secondary N) is 1. The van der Waals surface area contributed by atoms with Gasteiger partial charge in [0, 0.05) is 19.0 Å². The fourth-order valence-corrected chi connectivity index (χ4v) is 5.92. The van der Waals surface area contributed by atoms with E-state index in [2.05, 4.69) is 4.72 Å². The second-order valence-corrected chi connectivity index (χ2v) is 11.0. The van der Waals surface area contributed by atoms with Crippen LogP contribution in [0.5, 0.6) is 0 Å². The lowest BCUT2D eigenvalue weighted by Crippen LogP contribution is -2.30. The fourth-order valence-electron chi connectivity index (χ4n) is 3.10. The minimum atomic E-state index is -3.87. The molecule has 0 bridgehead atoms. The number of hydrogen-bond donors (Lipinski definition) is 1. The van der Waals surface area contributed by atoms with Crippen LogP contribution in [0.2, 0.25) is 0 Å². The Labute approximate surface area is 185 Å². The summed E-state index contributed by atoms with van der Waals surface area (Å²) in [6, 6.07) is 9.59. The van der Waals surface area contributed by atoms with E-state index in [0.29, 0.717) is 30.1 Å². The smallest absolute Gasteiger partial charge is 0.261 e. The SMILES string of the molecule is CCN(CC)S(=O)(=O)c1cc(C)c(C)c(NS(=O)(=O)c2ccc(CCCCl)cc2)c1. The highest BCUT2D eigenvalue weighted by Gasteiger charge is 2.24. The van der Waals surface area contributed by atoms with Crippen LogP contribution in [-0.4, -0.2) is 40.1 Å². The summed E-state index contributed by atoms with van der Waals surface area (Å²) in [6.45, 7) is 7.73. The minimum Gasteiger partial charge on any atom is -0.279 e. The Balaban J connectivity index is 2.41. The first-order valence-electron chi connectivity index (χ1n) is 9.86. The molecule has 0 unspecified atom stereocenters. The van der Waals surface area contributed by atoms with Gasteiger partial charge in [-0.25, -0.2) is 16.8 Å². The normalized spacial score (nSPS) is 12.3. The number of aryl methyl sites for hydroxylation is 2. The number of hydrogen-bond acceptors (Lipinski definition) is 4. The van der Waals surface area contributed by atoms with Gasteiger partial charge in [-0.05, 0) is 67.6 Å². The molecule has 0 radical (unpaired) electrons. The first kappa shape index (κ1) is 24.7. The third-order valence-corrected chi connectivity index (χ3v) is 8.74. The average molecular weight is 473 g/mol. The lowest BCUT2D eigenvalue weighted by atomic mass is 10.1. The monoisotopic (exact) mass is 472 g/mol. The van der Waals surface area contributed by atoms with Gasteiger partial charge < -0.3 is 0 Å². The van der Waals surface area contributed by atoms with Crippen molar-refractivity contribution in [2.45, 2.75) is 50.3 Å². The summed E-state index contributed by atoms with van der Waals surface area (Å²) in [6.07, 6.45) is 1.60. The van der Waals surface area contributed by atoms with Crippen LogP contribution in [-0.2, 0) is 26.5 Å². The Hall–Kier alpha value is -1.61. The number of halogens is 1. The van der Waals surface area contributed by atoms with Crippen LogP contribution < -0.4 is 4.72 Å². The highest BCUT2D eigenvalue weighted by atomic mass is 35.5. The van der Waals surface area contributed by atoms with E-state index < -0.39 is 20.0 Å². The Morgan fingerprint density at radius 3 is 2.07 bits per heavy atom. The maximum absolute atomic E-state index is 12.9. The molecule has 2 aromatic rings. The zero-order chi connectivity index (χ0) is 22.5. The van der Waals surface area contributed by atoms with Crippen LogP contribution in [0.15, 0.2) is 46.2 Å². The maximum Gasteiger partial charge on any atom is 0.261 e. The molecule has 0 amide bonds. The zero-order valence-corrected chi connectivity index (χ0v) is 20.2. The van der Waals surface area contributed by atoms with E-state index in [1.54, 1.807) is 58.0 Å². The molecule has 30 heavy (non-hydrogen) atoms. The first-order valence-corrected chi connectivity index (χ1v) is 13.3. The van der Waals surface area contributed by atoms with E-state index in [4.69, 9.17) is 11.6 Å². The van der Waals surface area contributed by atoms with Crippen LogP contribution in [0.4, 0.5) is 5.69 Å². The molecule has 0 atom stereocenters. The van der Waals surface area contributed by atoms with Crippen molar-refractivity contribution in [3.05, 3.63) is 53.1 Å². The van der Waals surface area contributed by atoms with Gasteiger partial charge in [-0.1, -0.05) is 26.0 Å². The van der Waals surface area contributed by atoms with Crippen molar-refractivity contribution in [3.63, 3.8) is 0 Å². The molecule has 0 aromatic heterocycles. The van der Waals surface area contributed by atoms with Gasteiger partial charge in [0.1, 0.15) is 0 Å². The molecule has 9 heteroatoms. The van der Waals surface area contributed by atoms with E-state index in [0.717, 1.165) is 18.4 Å². The molecule has 2 aromatic carbocycles. The van der Waals surface area contributed by atoms with E-state index in [1.165, 1.54) is 10.4 Å². The standard InChI is InChI=1S/C21H29ClN2O4S2/c1-5-24(6-2)30(27,28)20-14-16(3)17(4)21(15-20)23-29(25,26)19-11-9-18(10-12-19)8-7-13-22/h9-12,14-15,23H,5-8,13H2,1-4H3. The molecule has 166 valence electrons. The minimum absolute atomic E-state index is 0.0726. The second kappa shape index (κ2) is 10.1. The number of alkyl halides is 1. The van der Waals surface area contributed by atoms with Crippen molar-refractivity contribution in [1.82, 2.24) is 4.31 Å². The zero-order valence-electron chi connectivity index (χ0n) is 17.8. The maximum atomic E-state index is 12.9. The van der Waals surface area contributed by atoms with Gasteiger partial charge in [0.25, 0.3) is 10.0 Å². The Morgan fingerprint density at radius 1 is 0.933 bits per heavy atom. The summed E-state index contributed by atoms with van der Waals surface area (Å²) in [5, 5.41) is 0. The van der Waals surface area contributed by atoms with E-state index in [1.807, 2.05) is 0 Å². The summed E-state index contributed by atoms with van der Waals surface area (Å²) >= 11 is 5.70. The molecule has 0 aliphatic rings. The number of benzene rings is 2. The van der Waals surface area contributed by atoms with Crippen molar-refractivity contribution in [3.8, 4) is 0 Å². The third-order valence-electron chi connectivity index (χ3n) is 5.06. The number of anilines is 1. The molecule has 2 rings (SSSR count). The number of nitrogens with zero attached hydrogens (tertiary/aromatic N) is 1. The Morgan fingerprint density at radius 2 is 1.53 bits per heavy atom. The summed E-state index contributed by atoms with van der Waals surface area (Å²) in [5.74, 6) is 0.549. The van der Waals surface area contributed by atoms with E-state index in [9.17, 15) is 16.8 Å². The van der Waals surface area contributed by atoms with E-state index >= 15 is 0 Å². The van der Waals surface area contributed by atoms with Crippen LogP contribution in [0.25, 0.3) is 0 Å². The Kier molecular flexibility index (Phi) is 8.33. The summed E-state index contributed by atoms with van der Waals surface area (Å²) in [5.41, 5.74) is 2.63. The molecule has 1 N–H and O–H groups in total. The van der Waals surface area contributed by atoms with E-state index in [-0.39, 0.29) is 15.5 Å². The average Bonchev–Trinajstić information content (AvgIpc) is 2.70. The molecule has 0 saturated heterocycles. The van der Waals surface area contributed by atoms with Gasteiger partial charge in [-0.3, -0.25) is 4.72 Å². The lowest BCUT2D eigenvalue weighted by Gasteiger charge is -2.20. The van der Waals surface area contributed by atoms with Crippen LogP contribution in [0.1, 0.15) is 37.0 Å². The predicted octanol–water partition coefficient (Wildman–Crippen LogP) is 4.31. The van der Waals surface area contributed by atoms with Crippen LogP contribution >= 0.6 is 11.6 Å². The molecule has 6 nitrogen and oxygen atoms in total. The fraction of sp³-hybridized carbons (Fsp3) is 0.429. The van der Waals surface area contributed by atoms with Gasteiger partial charge in [0.2, 0.25) is 10.0 Å². The predicted molar refractivity (Wildman–Crippen MR) is 122 cm³/mol. The van der Waals surface area contributed by atoms with Crippen molar-refractivity contribution in [2.24, 2.45) is 0 Å². The third kappa shape index (κ3) is 5.55. The topological polar surface area (TPSA) is 83.6 Å².